The zero-order valence-corrected chi connectivity index (χ0v) is 16.1. The minimum absolute atomic E-state index is 0.133. The topological polar surface area (TPSA) is 84.7 Å². The van der Waals surface area contributed by atoms with E-state index in [2.05, 4.69) is 25.8 Å². The van der Waals surface area contributed by atoms with Crippen molar-refractivity contribution in [1.29, 1.82) is 0 Å². The van der Waals surface area contributed by atoms with Gasteiger partial charge in [-0.05, 0) is 36.6 Å². The van der Waals surface area contributed by atoms with E-state index in [9.17, 15) is 13.6 Å². The molecule has 1 saturated carbocycles. The number of hydrogen-bond donors (Lipinski definition) is 2. The lowest BCUT2D eigenvalue weighted by Crippen LogP contribution is -2.34. The molecule has 0 bridgehead atoms. The highest BCUT2D eigenvalue weighted by atomic mass is 19.3. The Morgan fingerprint density at radius 1 is 1.17 bits per heavy atom. The molecule has 7 nitrogen and oxygen atoms in total. The van der Waals surface area contributed by atoms with Gasteiger partial charge in [-0.1, -0.05) is 24.6 Å². The van der Waals surface area contributed by atoms with Gasteiger partial charge in [-0.2, -0.15) is 0 Å². The summed E-state index contributed by atoms with van der Waals surface area (Å²) in [4.78, 5) is 16.7. The van der Waals surface area contributed by atoms with Crippen molar-refractivity contribution < 1.29 is 13.6 Å². The van der Waals surface area contributed by atoms with Crippen molar-refractivity contribution in [2.24, 2.45) is 0 Å². The van der Waals surface area contributed by atoms with Crippen LogP contribution in [0.4, 0.5) is 20.3 Å². The van der Waals surface area contributed by atoms with Gasteiger partial charge in [0.05, 0.1) is 11.3 Å². The SMILES string of the molecule is O=C1NCc2cccc(Nc3cccc(-c4nncn4C4CCCCC4(F)F)n3)c21. The lowest BCUT2D eigenvalue weighted by Gasteiger charge is -2.32. The van der Waals surface area contributed by atoms with E-state index in [0.717, 1.165) is 12.0 Å². The first-order valence-electron chi connectivity index (χ1n) is 9.95. The van der Waals surface area contributed by atoms with Gasteiger partial charge in [0.15, 0.2) is 5.82 Å². The van der Waals surface area contributed by atoms with Crippen LogP contribution in [-0.4, -0.2) is 31.6 Å². The smallest absolute Gasteiger partial charge is 0.268 e. The number of anilines is 2. The maximum atomic E-state index is 14.5. The Bertz CT molecular complexity index is 1110. The van der Waals surface area contributed by atoms with Crippen LogP contribution in [0.1, 0.15) is 47.6 Å². The summed E-state index contributed by atoms with van der Waals surface area (Å²) in [5, 5.41) is 13.9. The average molecular weight is 410 g/mol. The Kier molecular flexibility index (Phi) is 4.45. The van der Waals surface area contributed by atoms with E-state index in [1.807, 2.05) is 18.2 Å². The maximum Gasteiger partial charge on any atom is 0.268 e. The molecule has 1 unspecified atom stereocenters. The van der Waals surface area contributed by atoms with Gasteiger partial charge in [0.25, 0.3) is 11.8 Å². The van der Waals surface area contributed by atoms with Crippen LogP contribution in [0.15, 0.2) is 42.7 Å². The number of nitrogens with one attached hydrogen (secondary N) is 2. The summed E-state index contributed by atoms with van der Waals surface area (Å²) in [6.45, 7) is 0.496. The number of nitrogens with zero attached hydrogens (tertiary/aromatic N) is 4. The molecule has 1 atom stereocenters. The highest BCUT2D eigenvalue weighted by molar-refractivity contribution is 6.04. The number of halogens is 2. The summed E-state index contributed by atoms with van der Waals surface area (Å²) in [6, 6.07) is 9.84. The summed E-state index contributed by atoms with van der Waals surface area (Å²) in [7, 11) is 0. The Balaban J connectivity index is 1.47. The van der Waals surface area contributed by atoms with Crippen LogP contribution in [0.2, 0.25) is 0 Å². The molecule has 5 rings (SSSR count). The molecule has 1 aliphatic carbocycles. The van der Waals surface area contributed by atoms with Crippen molar-refractivity contribution in [3.63, 3.8) is 0 Å². The number of alkyl halides is 2. The summed E-state index contributed by atoms with van der Waals surface area (Å²) in [5.74, 6) is -2.14. The molecule has 30 heavy (non-hydrogen) atoms. The molecule has 1 aromatic carbocycles. The molecular formula is C21H20F2N6O. The minimum atomic E-state index is -2.80. The van der Waals surface area contributed by atoms with E-state index < -0.39 is 12.0 Å². The van der Waals surface area contributed by atoms with Gasteiger partial charge in [0.2, 0.25) is 0 Å². The van der Waals surface area contributed by atoms with E-state index in [0.29, 0.717) is 48.0 Å². The molecule has 1 fully saturated rings. The van der Waals surface area contributed by atoms with Gasteiger partial charge in [-0.3, -0.25) is 4.79 Å². The third-order valence-electron chi connectivity index (χ3n) is 5.69. The summed E-state index contributed by atoms with van der Waals surface area (Å²) >= 11 is 0. The third-order valence-corrected chi connectivity index (χ3v) is 5.69. The van der Waals surface area contributed by atoms with Crippen LogP contribution in [0.3, 0.4) is 0 Å². The van der Waals surface area contributed by atoms with Gasteiger partial charge >= 0.3 is 0 Å². The van der Waals surface area contributed by atoms with Gasteiger partial charge in [0.1, 0.15) is 23.9 Å². The standard InChI is InChI=1S/C21H20F2N6O/c22-21(23)10-2-1-8-16(21)29-12-25-28-19(29)15-7-4-9-17(27-15)26-14-6-3-5-13-11-24-20(30)18(13)14/h3-7,9,12,16H,1-2,8,10-11H2,(H,24,30)(H,26,27). The molecule has 2 aromatic heterocycles. The first-order chi connectivity index (χ1) is 14.5. The van der Waals surface area contributed by atoms with Crippen LogP contribution in [0, 0.1) is 0 Å². The molecule has 0 spiro atoms. The first-order valence-corrected chi connectivity index (χ1v) is 9.95. The second kappa shape index (κ2) is 7.16. The zero-order valence-electron chi connectivity index (χ0n) is 16.1. The normalized spacial score (nSPS) is 19.9. The van der Waals surface area contributed by atoms with Crippen molar-refractivity contribution >= 4 is 17.4 Å². The number of benzene rings is 1. The molecule has 3 heterocycles. The van der Waals surface area contributed by atoms with E-state index in [-0.39, 0.29) is 12.3 Å². The monoisotopic (exact) mass is 410 g/mol. The molecule has 2 N–H and O–H groups in total. The Morgan fingerprint density at radius 2 is 2.03 bits per heavy atom. The average Bonchev–Trinajstić information content (AvgIpc) is 3.36. The number of aromatic nitrogens is 4. The van der Waals surface area contributed by atoms with Crippen molar-refractivity contribution in [2.45, 2.75) is 44.2 Å². The molecule has 3 aromatic rings. The number of carbonyl (C=O) groups is 1. The van der Waals surface area contributed by atoms with E-state index >= 15 is 0 Å². The van der Waals surface area contributed by atoms with Crippen LogP contribution in [0.25, 0.3) is 11.5 Å². The number of fused-ring (bicyclic) bond motifs is 1. The van der Waals surface area contributed by atoms with Crippen molar-refractivity contribution in [1.82, 2.24) is 25.1 Å². The van der Waals surface area contributed by atoms with Gasteiger partial charge in [0, 0.05) is 13.0 Å². The number of hydrogen-bond acceptors (Lipinski definition) is 5. The number of amides is 1. The fourth-order valence-corrected chi connectivity index (χ4v) is 4.22. The van der Waals surface area contributed by atoms with Gasteiger partial charge < -0.3 is 15.2 Å². The molecule has 1 aliphatic heterocycles. The zero-order chi connectivity index (χ0) is 20.7. The highest BCUT2D eigenvalue weighted by Gasteiger charge is 2.43. The van der Waals surface area contributed by atoms with E-state index in [4.69, 9.17) is 0 Å². The van der Waals surface area contributed by atoms with Crippen LogP contribution >= 0.6 is 0 Å². The molecule has 9 heteroatoms. The van der Waals surface area contributed by atoms with Crippen LogP contribution in [-0.2, 0) is 6.54 Å². The number of rotatable bonds is 4. The quantitative estimate of drug-likeness (QED) is 0.677. The van der Waals surface area contributed by atoms with Crippen LogP contribution < -0.4 is 10.6 Å². The van der Waals surface area contributed by atoms with Crippen LogP contribution in [0.5, 0.6) is 0 Å². The first kappa shape index (κ1) is 18.7. The fraction of sp³-hybridized carbons (Fsp3) is 0.333. The highest BCUT2D eigenvalue weighted by Crippen LogP contribution is 2.42. The van der Waals surface area contributed by atoms with Crippen molar-refractivity contribution in [3.8, 4) is 11.5 Å². The maximum absolute atomic E-state index is 14.5. The summed E-state index contributed by atoms with van der Waals surface area (Å²) in [5.41, 5.74) is 2.60. The molecule has 2 aliphatic rings. The number of pyridine rings is 1. The molecule has 0 radical (unpaired) electrons. The van der Waals surface area contributed by atoms with E-state index in [1.54, 1.807) is 18.2 Å². The Labute approximate surface area is 171 Å². The lowest BCUT2D eigenvalue weighted by molar-refractivity contribution is -0.0777. The van der Waals surface area contributed by atoms with Crippen molar-refractivity contribution in [3.05, 3.63) is 53.9 Å². The Morgan fingerprint density at radius 3 is 2.90 bits per heavy atom. The summed E-state index contributed by atoms with van der Waals surface area (Å²) in [6.07, 6.45) is 2.86. The molecule has 154 valence electrons. The summed E-state index contributed by atoms with van der Waals surface area (Å²) < 4.78 is 30.5. The predicted molar refractivity (Wildman–Crippen MR) is 107 cm³/mol. The minimum Gasteiger partial charge on any atom is -0.348 e. The van der Waals surface area contributed by atoms with Crippen molar-refractivity contribution in [2.75, 3.05) is 5.32 Å². The molecule has 0 saturated heterocycles. The predicted octanol–water partition coefficient (Wildman–Crippen LogP) is 4.08. The Hall–Kier alpha value is -3.36. The largest absolute Gasteiger partial charge is 0.348 e. The lowest BCUT2D eigenvalue weighted by atomic mass is 9.91. The second-order valence-corrected chi connectivity index (χ2v) is 7.64. The molecular weight excluding hydrogens is 390 g/mol. The fourth-order valence-electron chi connectivity index (χ4n) is 4.22. The van der Waals surface area contributed by atoms with E-state index in [1.165, 1.54) is 10.9 Å². The van der Waals surface area contributed by atoms with Gasteiger partial charge in [-0.25, -0.2) is 13.8 Å². The van der Waals surface area contributed by atoms with Gasteiger partial charge in [-0.15, -0.1) is 10.2 Å². The third kappa shape index (κ3) is 3.20. The second-order valence-electron chi connectivity index (χ2n) is 7.64. The number of carbonyl (C=O) groups excluding carboxylic acids is 1. The molecule has 1 amide bonds.